The number of nitrogens with zero attached hydrogens (tertiary/aromatic N) is 1. The number of hydrogen-bond acceptors (Lipinski definition) is 6. The van der Waals surface area contributed by atoms with Crippen molar-refractivity contribution in [3.8, 4) is 0 Å². The van der Waals surface area contributed by atoms with Gasteiger partial charge in [0.1, 0.15) is 6.04 Å². The largest absolute Gasteiger partial charge is 0.467 e. The molecule has 0 spiro atoms. The van der Waals surface area contributed by atoms with Crippen LogP contribution in [0.25, 0.3) is 0 Å². The number of amides is 2. The molecule has 0 unspecified atom stereocenters. The molecule has 28 heavy (non-hydrogen) atoms. The van der Waals surface area contributed by atoms with E-state index in [4.69, 9.17) is 4.74 Å². The Balaban J connectivity index is 1.93. The molecule has 1 aromatic carbocycles. The first-order valence-electron chi connectivity index (χ1n) is 9.26. The normalized spacial score (nSPS) is 14.7. The highest BCUT2D eigenvalue weighted by Gasteiger charge is 2.24. The summed E-state index contributed by atoms with van der Waals surface area (Å²) < 4.78 is 9.73. The van der Waals surface area contributed by atoms with Crippen LogP contribution in [-0.4, -0.2) is 50.1 Å². The fourth-order valence-corrected chi connectivity index (χ4v) is 3.00. The van der Waals surface area contributed by atoms with E-state index in [1.807, 2.05) is 13.8 Å². The first-order valence-corrected chi connectivity index (χ1v) is 9.26. The van der Waals surface area contributed by atoms with Gasteiger partial charge >= 0.3 is 11.9 Å². The highest BCUT2D eigenvalue weighted by molar-refractivity contribution is 5.98. The van der Waals surface area contributed by atoms with Crippen LogP contribution in [0.5, 0.6) is 0 Å². The molecule has 0 radical (unpaired) electrons. The van der Waals surface area contributed by atoms with Crippen LogP contribution in [0.2, 0.25) is 0 Å². The Labute approximate surface area is 164 Å². The average molecular weight is 390 g/mol. The van der Waals surface area contributed by atoms with Crippen LogP contribution in [0.1, 0.15) is 43.5 Å². The number of ether oxygens (including phenoxy) is 2. The molecule has 8 nitrogen and oxygen atoms in total. The summed E-state index contributed by atoms with van der Waals surface area (Å²) in [5.41, 5.74) is 0.876. The average Bonchev–Trinajstić information content (AvgIpc) is 3.10. The first kappa shape index (κ1) is 21.4. The van der Waals surface area contributed by atoms with Crippen LogP contribution in [0, 0.1) is 5.92 Å². The summed E-state index contributed by atoms with van der Waals surface area (Å²) >= 11 is 0. The second kappa shape index (κ2) is 9.87. The van der Waals surface area contributed by atoms with Crippen LogP contribution < -0.4 is 10.2 Å². The molecule has 1 aliphatic rings. The van der Waals surface area contributed by atoms with E-state index < -0.39 is 30.5 Å². The van der Waals surface area contributed by atoms with Crippen molar-refractivity contribution in [2.24, 2.45) is 5.92 Å². The van der Waals surface area contributed by atoms with E-state index in [0.717, 1.165) is 6.42 Å². The van der Waals surface area contributed by atoms with Gasteiger partial charge in [0.25, 0.3) is 5.91 Å². The molecule has 1 atom stereocenters. The number of carbonyl (C=O) groups is 4. The minimum Gasteiger partial charge on any atom is -0.467 e. The van der Waals surface area contributed by atoms with Gasteiger partial charge in [0.15, 0.2) is 6.61 Å². The zero-order chi connectivity index (χ0) is 20.7. The molecule has 1 fully saturated rings. The molecule has 2 amide bonds. The van der Waals surface area contributed by atoms with Gasteiger partial charge in [0.2, 0.25) is 5.91 Å². The van der Waals surface area contributed by atoms with Gasteiger partial charge < -0.3 is 19.7 Å². The lowest BCUT2D eigenvalue weighted by atomic mass is 10.0. The number of hydrogen-bond donors (Lipinski definition) is 1. The van der Waals surface area contributed by atoms with Crippen molar-refractivity contribution in [1.82, 2.24) is 5.32 Å². The highest BCUT2D eigenvalue weighted by atomic mass is 16.5. The fraction of sp³-hybridized carbons (Fsp3) is 0.500. The molecule has 2 rings (SSSR count). The lowest BCUT2D eigenvalue weighted by molar-refractivity contribution is -0.145. The van der Waals surface area contributed by atoms with Crippen molar-refractivity contribution in [1.29, 1.82) is 0 Å². The van der Waals surface area contributed by atoms with Crippen molar-refractivity contribution >= 4 is 29.4 Å². The summed E-state index contributed by atoms with van der Waals surface area (Å²) in [5, 5.41) is 2.52. The van der Waals surface area contributed by atoms with Gasteiger partial charge in [-0.2, -0.15) is 0 Å². The second-order valence-electron chi connectivity index (χ2n) is 7.05. The van der Waals surface area contributed by atoms with Crippen LogP contribution in [0.4, 0.5) is 5.69 Å². The second-order valence-corrected chi connectivity index (χ2v) is 7.05. The standard InChI is InChI=1S/C20H26N2O6/c1-13(2)10-16(20(26)27-3)21-17(23)12-28-19(25)14-6-4-7-15(11-14)22-9-5-8-18(22)24/h4,6-7,11,13,16H,5,8-10,12H2,1-3H3,(H,21,23)/t16-/m0/s1. The summed E-state index contributed by atoms with van der Waals surface area (Å²) in [6.07, 6.45) is 1.69. The number of nitrogens with one attached hydrogen (secondary N) is 1. The Hall–Kier alpha value is -2.90. The van der Waals surface area contributed by atoms with E-state index >= 15 is 0 Å². The molecule has 1 aromatic rings. The quantitative estimate of drug-likeness (QED) is 0.678. The van der Waals surface area contributed by atoms with E-state index in [0.29, 0.717) is 25.1 Å². The predicted octanol–water partition coefficient (Wildman–Crippen LogP) is 1.67. The maximum Gasteiger partial charge on any atom is 0.338 e. The van der Waals surface area contributed by atoms with Crippen molar-refractivity contribution in [3.63, 3.8) is 0 Å². The third kappa shape index (κ3) is 5.80. The van der Waals surface area contributed by atoms with Gasteiger partial charge in [-0.05, 0) is 37.0 Å². The van der Waals surface area contributed by atoms with Gasteiger partial charge in [-0.1, -0.05) is 19.9 Å². The zero-order valence-corrected chi connectivity index (χ0v) is 16.4. The minimum atomic E-state index is -0.791. The maximum atomic E-state index is 12.3. The molecule has 0 saturated carbocycles. The van der Waals surface area contributed by atoms with E-state index in [1.165, 1.54) is 7.11 Å². The van der Waals surface area contributed by atoms with Gasteiger partial charge in [-0.15, -0.1) is 0 Å². The first-order chi connectivity index (χ1) is 13.3. The maximum absolute atomic E-state index is 12.3. The number of esters is 2. The molecular formula is C20H26N2O6. The number of methoxy groups -OCH3 is 1. The van der Waals surface area contributed by atoms with Gasteiger partial charge in [-0.25, -0.2) is 9.59 Å². The summed E-state index contributed by atoms with van der Waals surface area (Å²) in [6, 6.07) is 5.74. The van der Waals surface area contributed by atoms with Crippen molar-refractivity contribution in [2.45, 2.75) is 39.2 Å². The van der Waals surface area contributed by atoms with Gasteiger partial charge in [0, 0.05) is 18.7 Å². The lowest BCUT2D eigenvalue weighted by Gasteiger charge is -2.18. The highest BCUT2D eigenvalue weighted by Crippen LogP contribution is 2.22. The fourth-order valence-electron chi connectivity index (χ4n) is 3.00. The number of carbonyl (C=O) groups excluding carboxylic acids is 4. The van der Waals surface area contributed by atoms with Crippen molar-refractivity contribution in [3.05, 3.63) is 29.8 Å². The molecule has 1 N–H and O–H groups in total. The van der Waals surface area contributed by atoms with Crippen LogP contribution >= 0.6 is 0 Å². The van der Waals surface area contributed by atoms with Crippen molar-refractivity contribution in [2.75, 3.05) is 25.2 Å². The third-order valence-electron chi connectivity index (χ3n) is 4.33. The molecule has 0 aliphatic carbocycles. The topological polar surface area (TPSA) is 102 Å². The SMILES string of the molecule is COC(=O)[C@H](CC(C)C)NC(=O)COC(=O)c1cccc(N2CCCC2=O)c1. The van der Waals surface area contributed by atoms with Crippen LogP contribution in [-0.2, 0) is 23.9 Å². The molecule has 0 bridgehead atoms. The molecule has 1 heterocycles. The van der Waals surface area contributed by atoms with Crippen molar-refractivity contribution < 1.29 is 28.7 Å². The Morgan fingerprint density at radius 3 is 2.61 bits per heavy atom. The molecule has 152 valence electrons. The molecular weight excluding hydrogens is 364 g/mol. The molecule has 1 aliphatic heterocycles. The van der Waals surface area contributed by atoms with E-state index in [2.05, 4.69) is 10.1 Å². The smallest absolute Gasteiger partial charge is 0.338 e. The zero-order valence-electron chi connectivity index (χ0n) is 16.4. The summed E-state index contributed by atoms with van der Waals surface area (Å²) in [5.74, 6) is -1.62. The lowest BCUT2D eigenvalue weighted by Crippen LogP contribution is -2.44. The monoisotopic (exact) mass is 390 g/mol. The summed E-state index contributed by atoms with van der Waals surface area (Å²) in [6.45, 7) is 3.93. The van der Waals surface area contributed by atoms with E-state index in [-0.39, 0.29) is 17.4 Å². The van der Waals surface area contributed by atoms with Crippen LogP contribution in [0.3, 0.4) is 0 Å². The summed E-state index contributed by atoms with van der Waals surface area (Å²) in [7, 11) is 1.25. The number of anilines is 1. The number of benzene rings is 1. The van der Waals surface area contributed by atoms with E-state index in [1.54, 1.807) is 29.2 Å². The third-order valence-corrected chi connectivity index (χ3v) is 4.33. The summed E-state index contributed by atoms with van der Waals surface area (Å²) in [4.78, 5) is 49.5. The number of rotatable bonds is 8. The Bertz CT molecular complexity index is 746. The molecule has 1 saturated heterocycles. The molecule has 8 heteroatoms. The van der Waals surface area contributed by atoms with E-state index in [9.17, 15) is 19.2 Å². The van der Waals surface area contributed by atoms with Gasteiger partial charge in [-0.3, -0.25) is 9.59 Å². The Morgan fingerprint density at radius 1 is 1.25 bits per heavy atom. The van der Waals surface area contributed by atoms with Crippen LogP contribution in [0.15, 0.2) is 24.3 Å². The predicted molar refractivity (Wildman–Crippen MR) is 102 cm³/mol. The Kier molecular flexibility index (Phi) is 7.54. The minimum absolute atomic E-state index is 0.0175. The Morgan fingerprint density at radius 2 is 2.00 bits per heavy atom. The van der Waals surface area contributed by atoms with Gasteiger partial charge in [0.05, 0.1) is 12.7 Å². The molecule has 0 aromatic heterocycles.